The van der Waals surface area contributed by atoms with Crippen LogP contribution in [0.25, 0.3) is 10.9 Å². The van der Waals surface area contributed by atoms with Gasteiger partial charge >= 0.3 is 0 Å². The molecule has 10 heteroatoms. The summed E-state index contributed by atoms with van der Waals surface area (Å²) in [6.45, 7) is 0.574. The molecule has 0 fully saturated rings. The van der Waals surface area contributed by atoms with E-state index in [2.05, 4.69) is 30.6 Å². The Bertz CT molecular complexity index is 1180. The number of amides is 1. The number of anilines is 1. The number of nitrogens with one attached hydrogen (secondary N) is 1. The fraction of sp³-hybridized carbons (Fsp3) is 0.105. The molecule has 0 unspecified atom stereocenters. The van der Waals surface area contributed by atoms with Gasteiger partial charge in [0.2, 0.25) is 5.95 Å². The lowest BCUT2D eigenvalue weighted by Crippen LogP contribution is -2.24. The highest BCUT2D eigenvalue weighted by Gasteiger charge is 2.09. The number of carbonyl (C=O) groups is 1. The average Bonchev–Trinajstić information content (AvgIpc) is 3.28. The van der Waals surface area contributed by atoms with E-state index in [1.807, 2.05) is 54.7 Å². The number of nitrogen functional groups attached to an aromatic ring is 1. The van der Waals surface area contributed by atoms with Crippen LogP contribution in [-0.2, 0) is 17.9 Å². The van der Waals surface area contributed by atoms with Gasteiger partial charge in [0, 0.05) is 34.2 Å². The molecule has 9 nitrogen and oxygen atoms in total. The average molecular weight is 409 g/mol. The van der Waals surface area contributed by atoms with Crippen molar-refractivity contribution in [2.45, 2.75) is 13.1 Å². The predicted octanol–water partition coefficient (Wildman–Crippen LogP) is 2.06. The highest BCUT2D eigenvalue weighted by atomic mass is 35.5. The largest absolute Gasteiger partial charge is 0.367 e. The third-order valence-corrected chi connectivity index (χ3v) is 4.58. The molecule has 2 aromatic carbocycles. The van der Waals surface area contributed by atoms with Gasteiger partial charge in [0.15, 0.2) is 0 Å². The van der Waals surface area contributed by atoms with E-state index in [0.717, 1.165) is 22.0 Å². The van der Waals surface area contributed by atoms with Crippen LogP contribution < -0.4 is 11.2 Å². The molecule has 29 heavy (non-hydrogen) atoms. The monoisotopic (exact) mass is 408 g/mol. The van der Waals surface area contributed by atoms with Gasteiger partial charge in [-0.25, -0.2) is 10.1 Å². The Labute approximate surface area is 170 Å². The van der Waals surface area contributed by atoms with E-state index in [0.29, 0.717) is 11.6 Å². The van der Waals surface area contributed by atoms with Crippen LogP contribution in [0, 0.1) is 0 Å². The summed E-state index contributed by atoms with van der Waals surface area (Å²) in [5, 5.41) is 16.3. The normalized spacial score (nSPS) is 11.3. The second-order valence-corrected chi connectivity index (χ2v) is 6.78. The predicted molar refractivity (Wildman–Crippen MR) is 110 cm³/mol. The lowest BCUT2D eigenvalue weighted by molar-refractivity contribution is -0.121. The zero-order valence-corrected chi connectivity index (χ0v) is 16.0. The van der Waals surface area contributed by atoms with Crippen LogP contribution in [0.1, 0.15) is 11.1 Å². The Kier molecular flexibility index (Phi) is 5.21. The Morgan fingerprint density at radius 1 is 1.21 bits per heavy atom. The number of hydrazone groups is 1. The van der Waals surface area contributed by atoms with Crippen molar-refractivity contribution in [3.8, 4) is 0 Å². The summed E-state index contributed by atoms with van der Waals surface area (Å²) in [5.74, 6) is -0.320. The molecular formula is C19H17ClN8O. The van der Waals surface area contributed by atoms with E-state index in [-0.39, 0.29) is 18.4 Å². The standard InChI is InChI=1S/C19H17ClN8O/c20-15-7-5-13(6-8-15)10-27-11-14(16-3-1-2-4-17(16)27)9-22-23-18(29)12-28-19(21)24-25-26-28/h1-9,11H,10,12H2,(H,23,29)(H2,21,24,26)/b22-9-. The molecule has 0 spiro atoms. The zero-order valence-electron chi connectivity index (χ0n) is 15.2. The summed E-state index contributed by atoms with van der Waals surface area (Å²) < 4.78 is 3.31. The number of para-hydroxylation sites is 1. The molecule has 0 radical (unpaired) electrons. The number of fused-ring (bicyclic) bond motifs is 1. The first kappa shape index (κ1) is 18.6. The molecule has 0 bridgehead atoms. The van der Waals surface area contributed by atoms with Crippen molar-refractivity contribution in [2.24, 2.45) is 5.10 Å². The van der Waals surface area contributed by atoms with E-state index in [9.17, 15) is 4.79 Å². The number of hydrogen-bond donors (Lipinski definition) is 2. The lowest BCUT2D eigenvalue weighted by Gasteiger charge is -2.05. The molecule has 2 heterocycles. The third kappa shape index (κ3) is 4.25. The lowest BCUT2D eigenvalue weighted by atomic mass is 10.2. The zero-order chi connectivity index (χ0) is 20.2. The molecule has 0 aliphatic carbocycles. The molecule has 3 N–H and O–H groups in total. The summed E-state index contributed by atoms with van der Waals surface area (Å²) >= 11 is 5.97. The van der Waals surface area contributed by atoms with Crippen molar-refractivity contribution in [3.63, 3.8) is 0 Å². The molecule has 0 aliphatic rings. The molecule has 0 atom stereocenters. The van der Waals surface area contributed by atoms with Gasteiger partial charge in [0.1, 0.15) is 6.54 Å². The molecule has 0 aliphatic heterocycles. The highest BCUT2D eigenvalue weighted by Crippen LogP contribution is 2.21. The van der Waals surface area contributed by atoms with Crippen LogP contribution in [0.2, 0.25) is 5.02 Å². The summed E-state index contributed by atoms with van der Waals surface area (Å²) in [5.41, 5.74) is 11.1. The van der Waals surface area contributed by atoms with Gasteiger partial charge in [-0.3, -0.25) is 4.79 Å². The molecule has 4 aromatic rings. The minimum Gasteiger partial charge on any atom is -0.367 e. The molecule has 1 amide bonds. The van der Waals surface area contributed by atoms with Crippen molar-refractivity contribution >= 4 is 40.6 Å². The maximum Gasteiger partial charge on any atom is 0.261 e. The van der Waals surface area contributed by atoms with Gasteiger partial charge in [-0.15, -0.1) is 0 Å². The van der Waals surface area contributed by atoms with Gasteiger partial charge in [-0.2, -0.15) is 5.10 Å². The first-order valence-corrected chi connectivity index (χ1v) is 9.14. The van der Waals surface area contributed by atoms with Crippen molar-refractivity contribution < 1.29 is 4.79 Å². The van der Waals surface area contributed by atoms with Gasteiger partial charge in [-0.05, 0) is 34.2 Å². The number of carbonyl (C=O) groups excluding carboxylic acids is 1. The Morgan fingerprint density at radius 3 is 2.76 bits per heavy atom. The van der Waals surface area contributed by atoms with Crippen molar-refractivity contribution in [3.05, 3.63) is 70.9 Å². The minimum atomic E-state index is -0.384. The fourth-order valence-corrected chi connectivity index (χ4v) is 3.09. The molecule has 4 rings (SSSR count). The Hall–Kier alpha value is -3.72. The van der Waals surface area contributed by atoms with E-state index in [4.69, 9.17) is 17.3 Å². The smallest absolute Gasteiger partial charge is 0.261 e. The van der Waals surface area contributed by atoms with Crippen LogP contribution in [0.15, 0.2) is 59.8 Å². The first-order valence-electron chi connectivity index (χ1n) is 8.76. The maximum atomic E-state index is 12.0. The van der Waals surface area contributed by atoms with E-state index >= 15 is 0 Å². The number of aromatic nitrogens is 5. The number of nitrogens with two attached hydrogens (primary N) is 1. The van der Waals surface area contributed by atoms with Crippen molar-refractivity contribution in [1.82, 2.24) is 30.2 Å². The second kappa shape index (κ2) is 8.11. The molecule has 2 aromatic heterocycles. The van der Waals surface area contributed by atoms with E-state index in [1.54, 1.807) is 6.21 Å². The van der Waals surface area contributed by atoms with Crippen LogP contribution >= 0.6 is 11.6 Å². The molecule has 0 saturated carbocycles. The van der Waals surface area contributed by atoms with Crippen LogP contribution in [-0.4, -0.2) is 36.9 Å². The van der Waals surface area contributed by atoms with Crippen LogP contribution in [0.5, 0.6) is 0 Å². The van der Waals surface area contributed by atoms with Gasteiger partial charge in [0.05, 0.1) is 6.21 Å². The van der Waals surface area contributed by atoms with Gasteiger partial charge in [-0.1, -0.05) is 47.0 Å². The molecule has 0 saturated heterocycles. The number of tetrazole rings is 1. The quantitative estimate of drug-likeness (QED) is 0.374. The number of benzene rings is 2. The van der Waals surface area contributed by atoms with E-state index in [1.165, 1.54) is 4.68 Å². The summed E-state index contributed by atoms with van der Waals surface area (Å²) in [6.07, 6.45) is 3.61. The van der Waals surface area contributed by atoms with Gasteiger partial charge < -0.3 is 10.3 Å². The fourth-order valence-electron chi connectivity index (χ4n) is 2.96. The van der Waals surface area contributed by atoms with Gasteiger partial charge in [0.25, 0.3) is 5.91 Å². The minimum absolute atomic E-state index is 0.0643. The Morgan fingerprint density at radius 2 is 2.00 bits per heavy atom. The second-order valence-electron chi connectivity index (χ2n) is 6.34. The van der Waals surface area contributed by atoms with Crippen LogP contribution in [0.3, 0.4) is 0 Å². The summed E-state index contributed by atoms with van der Waals surface area (Å²) in [7, 11) is 0. The number of halogens is 1. The number of hydrogen-bond acceptors (Lipinski definition) is 6. The Balaban J connectivity index is 1.51. The van der Waals surface area contributed by atoms with E-state index < -0.39 is 0 Å². The third-order valence-electron chi connectivity index (χ3n) is 4.33. The molecular weight excluding hydrogens is 392 g/mol. The first-order chi connectivity index (χ1) is 14.1. The SMILES string of the molecule is Nc1nnnn1CC(=O)N/N=C\c1cn(Cc2ccc(Cl)cc2)c2ccccc12. The summed E-state index contributed by atoms with van der Waals surface area (Å²) in [4.78, 5) is 12.0. The topological polar surface area (TPSA) is 116 Å². The van der Waals surface area contributed by atoms with Crippen LogP contribution in [0.4, 0.5) is 5.95 Å². The highest BCUT2D eigenvalue weighted by molar-refractivity contribution is 6.30. The number of rotatable bonds is 6. The van der Waals surface area contributed by atoms with Crippen molar-refractivity contribution in [2.75, 3.05) is 5.73 Å². The number of nitrogens with zero attached hydrogens (tertiary/aromatic N) is 6. The molecule has 146 valence electrons. The van der Waals surface area contributed by atoms with Crippen molar-refractivity contribution in [1.29, 1.82) is 0 Å². The maximum absolute atomic E-state index is 12.0. The summed E-state index contributed by atoms with van der Waals surface area (Å²) in [6, 6.07) is 15.7.